The highest BCUT2D eigenvalue weighted by molar-refractivity contribution is 6.27. The van der Waals surface area contributed by atoms with Crippen LogP contribution in [0.5, 0.6) is 0 Å². The average molecular weight is 472 g/mol. The number of aromatic nitrogens is 2. The van der Waals surface area contributed by atoms with Crippen molar-refractivity contribution >= 4 is 11.6 Å². The first-order valence-electron chi connectivity index (χ1n) is 12.6. The number of morpholine rings is 1. The number of hydrogen-bond acceptors (Lipinski definition) is 5. The van der Waals surface area contributed by atoms with Crippen molar-refractivity contribution in [1.29, 1.82) is 0 Å². The summed E-state index contributed by atoms with van der Waals surface area (Å²) in [5.41, 5.74) is 4.21. The van der Waals surface area contributed by atoms with E-state index in [1.807, 2.05) is 10.6 Å². The van der Waals surface area contributed by atoms with Crippen molar-refractivity contribution in [2.24, 2.45) is 0 Å². The fraction of sp³-hybridized carbons (Fsp3) is 0.414. The van der Waals surface area contributed by atoms with Crippen LogP contribution in [0.2, 0.25) is 0 Å². The molecule has 1 saturated heterocycles. The molecule has 182 valence electrons. The summed E-state index contributed by atoms with van der Waals surface area (Å²) in [4.78, 5) is 34.1. The van der Waals surface area contributed by atoms with Crippen molar-refractivity contribution < 1.29 is 14.3 Å². The van der Waals surface area contributed by atoms with Crippen molar-refractivity contribution in [2.45, 2.75) is 45.6 Å². The van der Waals surface area contributed by atoms with Gasteiger partial charge in [0, 0.05) is 43.2 Å². The second kappa shape index (κ2) is 9.88. The number of carbonyl (C=O) groups excluding carboxylic acids is 2. The number of ether oxygens (including phenoxy) is 1. The molecule has 0 radical (unpaired) electrons. The van der Waals surface area contributed by atoms with Crippen molar-refractivity contribution in [3.05, 3.63) is 88.0 Å². The molecule has 6 heteroatoms. The monoisotopic (exact) mass is 471 g/mol. The lowest BCUT2D eigenvalue weighted by molar-refractivity contribution is 0.0361. The predicted octanol–water partition coefficient (Wildman–Crippen LogP) is 4.46. The van der Waals surface area contributed by atoms with E-state index in [1.54, 1.807) is 18.2 Å². The zero-order valence-electron chi connectivity index (χ0n) is 20.8. The third-order valence-corrected chi connectivity index (χ3v) is 7.22. The molecule has 6 nitrogen and oxygen atoms in total. The van der Waals surface area contributed by atoms with E-state index in [4.69, 9.17) is 9.72 Å². The smallest absolute Gasteiger partial charge is 0.214 e. The Labute approximate surface area is 206 Å². The number of imidazole rings is 1. The van der Waals surface area contributed by atoms with Crippen molar-refractivity contribution in [3.8, 4) is 0 Å². The quantitative estimate of drug-likeness (QED) is 0.398. The number of fused-ring (bicyclic) bond motifs is 2. The standard InChI is InChI=1S/C29H33N3O3/c1-19(2)22-10-8-21(9-11-22)18-20(3)29-30-25-26(32(29)13-12-31-14-16-35-17-15-31)28(34)24-7-5-4-6-23(24)27(25)33/h4-11,19-20H,12-18H2,1-3H3. The van der Waals surface area contributed by atoms with E-state index >= 15 is 0 Å². The summed E-state index contributed by atoms with van der Waals surface area (Å²) in [5.74, 6) is 1.09. The van der Waals surface area contributed by atoms with Gasteiger partial charge in [0.15, 0.2) is 0 Å². The predicted molar refractivity (Wildman–Crippen MR) is 135 cm³/mol. The highest BCUT2D eigenvalue weighted by Crippen LogP contribution is 2.31. The van der Waals surface area contributed by atoms with E-state index in [1.165, 1.54) is 11.1 Å². The Morgan fingerprint density at radius 1 is 0.886 bits per heavy atom. The van der Waals surface area contributed by atoms with Crippen molar-refractivity contribution in [3.63, 3.8) is 0 Å². The van der Waals surface area contributed by atoms with Crippen LogP contribution < -0.4 is 0 Å². The molecule has 2 aromatic carbocycles. The molecule has 1 aliphatic carbocycles. The zero-order valence-corrected chi connectivity index (χ0v) is 20.8. The van der Waals surface area contributed by atoms with Crippen LogP contribution in [-0.4, -0.2) is 58.9 Å². The second-order valence-electron chi connectivity index (χ2n) is 9.98. The fourth-order valence-electron chi connectivity index (χ4n) is 5.15. The normalized spacial score (nSPS) is 16.9. The first kappa shape index (κ1) is 23.6. The Kier molecular flexibility index (Phi) is 6.67. The Balaban J connectivity index is 1.49. The van der Waals surface area contributed by atoms with Crippen LogP contribution >= 0.6 is 0 Å². The van der Waals surface area contributed by atoms with Gasteiger partial charge in [-0.15, -0.1) is 0 Å². The molecule has 1 aromatic heterocycles. The number of rotatable bonds is 7. The molecule has 2 heterocycles. The molecule has 0 spiro atoms. The molecular formula is C29H33N3O3. The maximum atomic E-state index is 13.6. The lowest BCUT2D eigenvalue weighted by atomic mass is 9.90. The molecule has 1 aliphatic heterocycles. The van der Waals surface area contributed by atoms with Crippen LogP contribution in [0.1, 0.15) is 81.7 Å². The Morgan fingerprint density at radius 2 is 1.54 bits per heavy atom. The molecule has 0 saturated carbocycles. The number of nitrogens with zero attached hydrogens (tertiary/aromatic N) is 3. The third kappa shape index (κ3) is 4.60. The highest BCUT2D eigenvalue weighted by Gasteiger charge is 2.36. The lowest BCUT2D eigenvalue weighted by Gasteiger charge is -2.27. The Morgan fingerprint density at radius 3 is 2.20 bits per heavy atom. The topological polar surface area (TPSA) is 64.4 Å². The van der Waals surface area contributed by atoms with Crippen molar-refractivity contribution in [2.75, 3.05) is 32.8 Å². The number of ketones is 2. The van der Waals surface area contributed by atoms with E-state index in [9.17, 15) is 9.59 Å². The van der Waals surface area contributed by atoms with Gasteiger partial charge in [-0.3, -0.25) is 14.5 Å². The van der Waals surface area contributed by atoms with Gasteiger partial charge in [0.1, 0.15) is 17.2 Å². The number of carbonyl (C=O) groups is 2. The summed E-state index contributed by atoms with van der Waals surface area (Å²) >= 11 is 0. The summed E-state index contributed by atoms with van der Waals surface area (Å²) in [5, 5.41) is 0. The summed E-state index contributed by atoms with van der Waals surface area (Å²) in [6, 6.07) is 15.8. The van der Waals surface area contributed by atoms with E-state index in [2.05, 4.69) is 49.9 Å². The van der Waals surface area contributed by atoms with Gasteiger partial charge in [0.25, 0.3) is 0 Å². The molecule has 1 unspecified atom stereocenters. The molecule has 0 N–H and O–H groups in total. The largest absolute Gasteiger partial charge is 0.379 e. The van der Waals surface area contributed by atoms with Crippen LogP contribution in [0.3, 0.4) is 0 Å². The molecule has 5 rings (SSSR count). The molecule has 0 bridgehead atoms. The van der Waals surface area contributed by atoms with Crippen molar-refractivity contribution in [1.82, 2.24) is 14.5 Å². The highest BCUT2D eigenvalue weighted by atomic mass is 16.5. The summed E-state index contributed by atoms with van der Waals surface area (Å²) in [7, 11) is 0. The molecular weight excluding hydrogens is 438 g/mol. The summed E-state index contributed by atoms with van der Waals surface area (Å²) < 4.78 is 7.51. The van der Waals surface area contributed by atoms with Crippen LogP contribution in [0.25, 0.3) is 0 Å². The Hall–Kier alpha value is -3.09. The SMILES string of the molecule is CC(C)c1ccc(CC(C)c2nc3c(n2CCN2CCOCC2)C(=O)c2ccccc2C3=O)cc1. The minimum Gasteiger partial charge on any atom is -0.379 e. The third-order valence-electron chi connectivity index (χ3n) is 7.22. The van der Waals surface area contributed by atoms with Crippen LogP contribution in [0.4, 0.5) is 0 Å². The van der Waals surface area contributed by atoms with Gasteiger partial charge < -0.3 is 9.30 Å². The number of hydrogen-bond donors (Lipinski definition) is 0. The number of benzene rings is 2. The van der Waals surface area contributed by atoms with E-state index in [0.29, 0.717) is 35.0 Å². The minimum absolute atomic E-state index is 0.0545. The molecule has 1 atom stereocenters. The van der Waals surface area contributed by atoms with Gasteiger partial charge in [0.2, 0.25) is 11.6 Å². The molecule has 3 aromatic rings. The molecule has 35 heavy (non-hydrogen) atoms. The molecule has 1 fully saturated rings. The van der Waals surface area contributed by atoms with Gasteiger partial charge in [-0.2, -0.15) is 0 Å². The lowest BCUT2D eigenvalue weighted by Crippen LogP contribution is -2.38. The van der Waals surface area contributed by atoms with Gasteiger partial charge >= 0.3 is 0 Å². The van der Waals surface area contributed by atoms with Gasteiger partial charge in [0.05, 0.1) is 13.2 Å². The van der Waals surface area contributed by atoms with E-state index < -0.39 is 0 Å². The second-order valence-corrected chi connectivity index (χ2v) is 9.98. The maximum absolute atomic E-state index is 13.6. The minimum atomic E-state index is -0.157. The van der Waals surface area contributed by atoms with E-state index in [-0.39, 0.29) is 17.5 Å². The summed E-state index contributed by atoms with van der Waals surface area (Å²) in [6.45, 7) is 11.1. The maximum Gasteiger partial charge on any atom is 0.214 e. The molecule has 2 aliphatic rings. The summed E-state index contributed by atoms with van der Waals surface area (Å²) in [6.07, 6.45) is 0.793. The van der Waals surface area contributed by atoms with E-state index in [0.717, 1.165) is 45.1 Å². The molecule has 0 amide bonds. The van der Waals surface area contributed by atoms with Crippen LogP contribution in [0, 0.1) is 0 Å². The fourth-order valence-corrected chi connectivity index (χ4v) is 5.15. The first-order chi connectivity index (χ1) is 16.9. The average Bonchev–Trinajstić information content (AvgIpc) is 3.27. The van der Waals surface area contributed by atoms with Crippen LogP contribution in [0.15, 0.2) is 48.5 Å². The van der Waals surface area contributed by atoms with Gasteiger partial charge in [-0.1, -0.05) is 69.3 Å². The zero-order chi connectivity index (χ0) is 24.5. The Bertz CT molecular complexity index is 1240. The van der Waals surface area contributed by atoms with Gasteiger partial charge in [-0.25, -0.2) is 4.98 Å². The van der Waals surface area contributed by atoms with Crippen LogP contribution in [-0.2, 0) is 17.7 Å². The van der Waals surface area contributed by atoms with Gasteiger partial charge in [-0.05, 0) is 23.5 Å². The first-order valence-corrected chi connectivity index (χ1v) is 12.6.